The quantitative estimate of drug-likeness (QED) is 0.548. The predicted molar refractivity (Wildman–Crippen MR) is 40.4 cm³/mol. The van der Waals surface area contributed by atoms with Crippen LogP contribution in [0.3, 0.4) is 0 Å². The summed E-state index contributed by atoms with van der Waals surface area (Å²) >= 11 is 3.26. The van der Waals surface area contributed by atoms with Gasteiger partial charge in [0.15, 0.2) is 12.4 Å². The van der Waals surface area contributed by atoms with Crippen molar-refractivity contribution in [1.29, 1.82) is 0 Å². The maximum atomic E-state index is 3.26. The van der Waals surface area contributed by atoms with Crippen LogP contribution in [0.5, 0.6) is 0 Å². The summed E-state index contributed by atoms with van der Waals surface area (Å²) in [6.45, 7) is 0. The van der Waals surface area contributed by atoms with E-state index in [2.05, 4.69) is 26.2 Å². The van der Waals surface area contributed by atoms with Crippen molar-refractivity contribution >= 4 is 21.6 Å². The molecule has 2 N–H and O–H groups in total. The van der Waals surface area contributed by atoms with E-state index >= 15 is 0 Å². The molecule has 0 amide bonds. The van der Waals surface area contributed by atoms with Gasteiger partial charge < -0.3 is 5.32 Å². The Balaban J connectivity index is 2.61. The highest BCUT2D eigenvalue weighted by Crippen LogP contribution is 2.00. The smallest absolute Gasteiger partial charge is 0.169 e. The number of rotatable bonds is 2. The molecule has 0 unspecified atom stereocenters. The monoisotopic (exact) mass is 187 g/mol. The lowest BCUT2D eigenvalue weighted by molar-refractivity contribution is -0.377. The molecule has 0 atom stereocenters. The summed E-state index contributed by atoms with van der Waals surface area (Å²) in [5, 5.41) is 3.10. The van der Waals surface area contributed by atoms with Crippen LogP contribution in [0.1, 0.15) is 0 Å². The van der Waals surface area contributed by atoms with Gasteiger partial charge in [-0.3, -0.25) is 0 Å². The van der Waals surface area contributed by atoms with Gasteiger partial charge in [-0.1, -0.05) is 15.9 Å². The minimum atomic E-state index is 0.789. The molecule has 1 rings (SSSR count). The largest absolute Gasteiger partial charge is 0.375 e. The maximum Gasteiger partial charge on any atom is 0.169 e. The number of pyridine rings is 1. The molecule has 1 aromatic rings. The van der Waals surface area contributed by atoms with E-state index < -0.39 is 0 Å². The van der Waals surface area contributed by atoms with Gasteiger partial charge in [0.05, 0.1) is 5.45 Å². The molecule has 0 saturated heterocycles. The Morgan fingerprint density at radius 2 is 2.11 bits per heavy atom. The Bertz CT molecular complexity index is 164. The van der Waals surface area contributed by atoms with Crippen LogP contribution in [-0.4, -0.2) is 5.45 Å². The van der Waals surface area contributed by atoms with Gasteiger partial charge in [0.2, 0.25) is 0 Å². The SMILES string of the molecule is BrCNc1cc[nH+]cc1. The van der Waals surface area contributed by atoms with E-state index in [1.54, 1.807) is 0 Å². The fourth-order valence-corrected chi connectivity index (χ4v) is 0.906. The average Bonchev–Trinajstić information content (AvgIpc) is 1.91. The average molecular weight is 188 g/mol. The molecular weight excluding hydrogens is 180 g/mol. The summed E-state index contributed by atoms with van der Waals surface area (Å²) in [4.78, 5) is 2.94. The first kappa shape index (κ1) is 6.55. The van der Waals surface area contributed by atoms with Crippen LogP contribution < -0.4 is 10.3 Å². The molecule has 0 bridgehead atoms. The Labute approximate surface area is 62.4 Å². The standard InChI is InChI=1S/C6H7BrN2/c7-5-9-6-1-3-8-4-2-6/h1-4H,5H2,(H,8,9)/p+1. The number of aromatic nitrogens is 1. The third kappa shape index (κ3) is 2.01. The van der Waals surface area contributed by atoms with Crippen molar-refractivity contribution in [2.75, 3.05) is 10.8 Å². The van der Waals surface area contributed by atoms with Gasteiger partial charge in [-0.25, -0.2) is 4.98 Å². The molecule has 0 aliphatic rings. The zero-order valence-electron chi connectivity index (χ0n) is 4.89. The van der Waals surface area contributed by atoms with E-state index in [0.717, 1.165) is 11.1 Å². The second kappa shape index (κ2) is 3.45. The van der Waals surface area contributed by atoms with E-state index in [4.69, 9.17) is 0 Å². The summed E-state index contributed by atoms with van der Waals surface area (Å²) in [5.41, 5.74) is 1.91. The highest BCUT2D eigenvalue weighted by Gasteiger charge is 1.86. The lowest BCUT2D eigenvalue weighted by Crippen LogP contribution is -2.00. The third-order valence-corrected chi connectivity index (χ3v) is 1.27. The fourth-order valence-electron chi connectivity index (χ4n) is 0.582. The number of H-pyrrole nitrogens is 1. The molecule has 3 heteroatoms. The summed E-state index contributed by atoms with van der Waals surface area (Å²) in [7, 11) is 0. The van der Waals surface area contributed by atoms with Crippen molar-refractivity contribution < 1.29 is 4.98 Å². The Morgan fingerprint density at radius 1 is 1.44 bits per heavy atom. The van der Waals surface area contributed by atoms with Crippen LogP contribution in [0.2, 0.25) is 0 Å². The zero-order chi connectivity index (χ0) is 6.53. The van der Waals surface area contributed by atoms with Gasteiger partial charge in [0.1, 0.15) is 0 Å². The van der Waals surface area contributed by atoms with Crippen LogP contribution in [0, 0.1) is 0 Å². The normalized spacial score (nSPS) is 9.00. The van der Waals surface area contributed by atoms with Gasteiger partial charge in [0.25, 0.3) is 0 Å². The maximum absolute atomic E-state index is 3.26. The van der Waals surface area contributed by atoms with Crippen molar-refractivity contribution in [2.45, 2.75) is 0 Å². The lowest BCUT2D eigenvalue weighted by Gasteiger charge is -1.95. The van der Waals surface area contributed by atoms with E-state index in [-0.39, 0.29) is 0 Å². The molecule has 1 aromatic heterocycles. The minimum absolute atomic E-state index is 0.789. The number of alkyl halides is 1. The van der Waals surface area contributed by atoms with E-state index in [0.29, 0.717) is 0 Å². The van der Waals surface area contributed by atoms with Gasteiger partial charge in [0, 0.05) is 17.8 Å². The molecule has 0 saturated carbocycles. The van der Waals surface area contributed by atoms with E-state index in [1.807, 2.05) is 24.5 Å². The van der Waals surface area contributed by atoms with E-state index in [9.17, 15) is 0 Å². The topological polar surface area (TPSA) is 26.2 Å². The molecule has 0 radical (unpaired) electrons. The molecule has 2 nitrogen and oxygen atoms in total. The highest BCUT2D eigenvalue weighted by molar-refractivity contribution is 9.09. The zero-order valence-corrected chi connectivity index (χ0v) is 6.48. The van der Waals surface area contributed by atoms with Crippen LogP contribution in [-0.2, 0) is 0 Å². The fraction of sp³-hybridized carbons (Fsp3) is 0.167. The summed E-state index contributed by atoms with van der Waals surface area (Å²) in [6.07, 6.45) is 3.76. The lowest BCUT2D eigenvalue weighted by atomic mass is 10.4. The number of hydrogen-bond donors (Lipinski definition) is 1. The van der Waals surface area contributed by atoms with E-state index in [1.165, 1.54) is 0 Å². The van der Waals surface area contributed by atoms with Crippen molar-refractivity contribution in [2.24, 2.45) is 0 Å². The molecule has 0 aromatic carbocycles. The number of hydrogen-bond acceptors (Lipinski definition) is 1. The second-order valence-electron chi connectivity index (χ2n) is 1.60. The molecule has 48 valence electrons. The molecular formula is C6H8BrN2+. The first-order valence-electron chi connectivity index (χ1n) is 2.69. The van der Waals surface area contributed by atoms with Crippen molar-refractivity contribution in [3.05, 3.63) is 24.5 Å². The molecule has 0 fully saturated rings. The predicted octanol–water partition coefficient (Wildman–Crippen LogP) is 1.26. The second-order valence-corrected chi connectivity index (χ2v) is 2.16. The van der Waals surface area contributed by atoms with Crippen LogP contribution >= 0.6 is 15.9 Å². The van der Waals surface area contributed by atoms with Crippen LogP contribution in [0.15, 0.2) is 24.5 Å². The highest BCUT2D eigenvalue weighted by atomic mass is 79.9. The van der Waals surface area contributed by atoms with Gasteiger partial charge in [-0.2, -0.15) is 0 Å². The molecule has 0 spiro atoms. The Hall–Kier alpha value is -0.570. The van der Waals surface area contributed by atoms with Gasteiger partial charge in [-0.15, -0.1) is 0 Å². The summed E-state index contributed by atoms with van der Waals surface area (Å²) in [5.74, 6) is 0. The number of anilines is 1. The summed E-state index contributed by atoms with van der Waals surface area (Å²) in [6, 6.07) is 3.95. The van der Waals surface area contributed by atoms with Crippen molar-refractivity contribution in [1.82, 2.24) is 0 Å². The first-order chi connectivity index (χ1) is 4.43. The number of nitrogens with one attached hydrogen (secondary N) is 2. The van der Waals surface area contributed by atoms with Gasteiger partial charge in [-0.05, 0) is 0 Å². The van der Waals surface area contributed by atoms with Crippen molar-refractivity contribution in [3.8, 4) is 0 Å². The van der Waals surface area contributed by atoms with Crippen molar-refractivity contribution in [3.63, 3.8) is 0 Å². The molecule has 1 heterocycles. The Morgan fingerprint density at radius 3 is 2.67 bits per heavy atom. The molecule has 0 aliphatic carbocycles. The minimum Gasteiger partial charge on any atom is -0.375 e. The number of halogens is 1. The van der Waals surface area contributed by atoms with Crippen LogP contribution in [0.25, 0.3) is 0 Å². The first-order valence-corrected chi connectivity index (χ1v) is 3.81. The molecule has 9 heavy (non-hydrogen) atoms. The van der Waals surface area contributed by atoms with Crippen LogP contribution in [0.4, 0.5) is 5.69 Å². The Kier molecular flexibility index (Phi) is 2.51. The molecule has 0 aliphatic heterocycles. The third-order valence-electron chi connectivity index (χ3n) is 0.989. The number of aromatic amines is 1. The summed E-state index contributed by atoms with van der Waals surface area (Å²) < 4.78 is 0. The van der Waals surface area contributed by atoms with Gasteiger partial charge >= 0.3 is 0 Å².